The first kappa shape index (κ1) is 13.7. The van der Waals surface area contributed by atoms with Gasteiger partial charge in [-0.15, -0.1) is 0 Å². The van der Waals surface area contributed by atoms with Crippen LogP contribution in [0.25, 0.3) is 0 Å². The van der Waals surface area contributed by atoms with Crippen LogP contribution < -0.4 is 10.1 Å². The predicted molar refractivity (Wildman–Crippen MR) is 76.7 cm³/mol. The van der Waals surface area contributed by atoms with Gasteiger partial charge in [-0.05, 0) is 55.8 Å². The summed E-state index contributed by atoms with van der Waals surface area (Å²) in [4.78, 5) is 0. The highest BCUT2D eigenvalue weighted by Gasteiger charge is 2.25. The summed E-state index contributed by atoms with van der Waals surface area (Å²) in [6, 6.07) is 6.85. The molecule has 0 spiro atoms. The first-order chi connectivity index (χ1) is 8.74. The highest BCUT2D eigenvalue weighted by atomic mass is 35.5. The fourth-order valence-electron chi connectivity index (χ4n) is 2.75. The van der Waals surface area contributed by atoms with Gasteiger partial charge < -0.3 is 10.1 Å². The molecule has 1 aromatic rings. The van der Waals surface area contributed by atoms with Gasteiger partial charge >= 0.3 is 0 Å². The number of ether oxygens (including phenoxy) is 1. The number of halogens is 1. The number of benzene rings is 1. The van der Waals surface area contributed by atoms with Crippen LogP contribution in [0.2, 0.25) is 5.02 Å². The van der Waals surface area contributed by atoms with E-state index in [0.29, 0.717) is 17.0 Å². The van der Waals surface area contributed by atoms with E-state index in [4.69, 9.17) is 16.3 Å². The summed E-state index contributed by atoms with van der Waals surface area (Å²) < 4.78 is 5.29. The number of hydrogen-bond donors (Lipinski definition) is 1. The monoisotopic (exact) mass is 267 g/mol. The SMILES string of the molecule is CCCNC1CCC(c2ccc(Cl)c(OC)c2)C1. The first-order valence-electron chi connectivity index (χ1n) is 6.81. The Morgan fingerprint density at radius 2 is 2.22 bits per heavy atom. The molecule has 1 fully saturated rings. The van der Waals surface area contributed by atoms with E-state index in [9.17, 15) is 0 Å². The van der Waals surface area contributed by atoms with Gasteiger partial charge in [0.1, 0.15) is 5.75 Å². The Kier molecular flexibility index (Phi) is 4.90. The molecule has 0 radical (unpaired) electrons. The minimum atomic E-state index is 0.644. The fraction of sp³-hybridized carbons (Fsp3) is 0.600. The molecule has 1 aliphatic rings. The molecule has 1 aliphatic carbocycles. The Bertz CT molecular complexity index is 394. The van der Waals surface area contributed by atoms with E-state index < -0.39 is 0 Å². The van der Waals surface area contributed by atoms with Gasteiger partial charge in [0.15, 0.2) is 0 Å². The van der Waals surface area contributed by atoms with Gasteiger partial charge in [-0.3, -0.25) is 0 Å². The lowest BCUT2D eigenvalue weighted by atomic mass is 9.97. The van der Waals surface area contributed by atoms with E-state index in [1.165, 1.54) is 31.2 Å². The maximum absolute atomic E-state index is 6.06. The molecule has 2 nitrogen and oxygen atoms in total. The second-order valence-electron chi connectivity index (χ2n) is 5.06. The van der Waals surface area contributed by atoms with Crippen LogP contribution in [0.15, 0.2) is 18.2 Å². The van der Waals surface area contributed by atoms with Gasteiger partial charge in [0.2, 0.25) is 0 Å². The summed E-state index contributed by atoms with van der Waals surface area (Å²) in [5.74, 6) is 1.43. The molecule has 0 aliphatic heterocycles. The summed E-state index contributed by atoms with van der Waals surface area (Å²) in [6.45, 7) is 3.34. The molecule has 0 saturated heterocycles. The topological polar surface area (TPSA) is 21.3 Å². The zero-order valence-corrected chi connectivity index (χ0v) is 12.0. The average molecular weight is 268 g/mol. The Balaban J connectivity index is 2.00. The Morgan fingerprint density at radius 1 is 1.39 bits per heavy atom. The van der Waals surface area contributed by atoms with Crippen molar-refractivity contribution in [3.8, 4) is 5.75 Å². The van der Waals surface area contributed by atoms with Gasteiger partial charge in [-0.25, -0.2) is 0 Å². The van der Waals surface area contributed by atoms with Crippen LogP contribution in [0.5, 0.6) is 5.75 Å². The van der Waals surface area contributed by atoms with Gasteiger partial charge in [-0.2, -0.15) is 0 Å². The number of rotatable bonds is 5. The third-order valence-electron chi connectivity index (χ3n) is 3.76. The molecule has 18 heavy (non-hydrogen) atoms. The third-order valence-corrected chi connectivity index (χ3v) is 4.07. The molecule has 1 N–H and O–H groups in total. The number of nitrogens with one attached hydrogen (secondary N) is 1. The number of methoxy groups -OCH3 is 1. The molecule has 100 valence electrons. The molecular weight excluding hydrogens is 246 g/mol. The highest BCUT2D eigenvalue weighted by molar-refractivity contribution is 6.32. The average Bonchev–Trinajstić information content (AvgIpc) is 2.85. The third kappa shape index (κ3) is 3.18. The first-order valence-corrected chi connectivity index (χ1v) is 7.19. The normalized spacial score (nSPS) is 23.3. The molecular formula is C15H22ClNO. The van der Waals surface area contributed by atoms with Gasteiger partial charge in [-0.1, -0.05) is 24.6 Å². The maximum Gasteiger partial charge on any atom is 0.137 e. The van der Waals surface area contributed by atoms with Gasteiger partial charge in [0, 0.05) is 6.04 Å². The standard InChI is InChI=1S/C15H22ClNO/c1-3-8-17-13-6-4-11(9-13)12-5-7-14(16)15(10-12)18-2/h5,7,10-11,13,17H,3-4,6,8-9H2,1-2H3. The molecule has 0 bridgehead atoms. The Labute approximate surface area is 115 Å². The zero-order valence-electron chi connectivity index (χ0n) is 11.2. The minimum Gasteiger partial charge on any atom is -0.495 e. The highest BCUT2D eigenvalue weighted by Crippen LogP contribution is 2.37. The van der Waals surface area contributed by atoms with Crippen molar-refractivity contribution >= 4 is 11.6 Å². The van der Waals surface area contributed by atoms with Crippen LogP contribution in [-0.4, -0.2) is 19.7 Å². The summed E-state index contributed by atoms with van der Waals surface area (Å²) in [6.07, 6.45) is 4.96. The van der Waals surface area contributed by atoms with Crippen molar-refractivity contribution in [3.05, 3.63) is 28.8 Å². The molecule has 2 unspecified atom stereocenters. The van der Waals surface area contributed by atoms with E-state index in [-0.39, 0.29) is 0 Å². The summed E-state index contributed by atoms with van der Waals surface area (Å²) in [5, 5.41) is 4.31. The summed E-state index contributed by atoms with van der Waals surface area (Å²) in [7, 11) is 1.67. The van der Waals surface area contributed by atoms with Crippen LogP contribution in [-0.2, 0) is 0 Å². The second kappa shape index (κ2) is 6.44. The molecule has 0 heterocycles. The van der Waals surface area contributed by atoms with E-state index in [1.54, 1.807) is 7.11 Å². The van der Waals surface area contributed by atoms with E-state index >= 15 is 0 Å². The van der Waals surface area contributed by atoms with E-state index in [0.717, 1.165) is 12.3 Å². The lowest BCUT2D eigenvalue weighted by Crippen LogP contribution is -2.26. The number of hydrogen-bond acceptors (Lipinski definition) is 2. The van der Waals surface area contributed by atoms with Crippen LogP contribution in [0.1, 0.15) is 44.1 Å². The van der Waals surface area contributed by atoms with Crippen molar-refractivity contribution < 1.29 is 4.74 Å². The van der Waals surface area contributed by atoms with Crippen molar-refractivity contribution in [1.29, 1.82) is 0 Å². The molecule has 0 amide bonds. The van der Waals surface area contributed by atoms with Crippen molar-refractivity contribution in [2.45, 2.75) is 44.6 Å². The van der Waals surface area contributed by atoms with Crippen molar-refractivity contribution in [1.82, 2.24) is 5.32 Å². The molecule has 1 aromatic carbocycles. The lowest BCUT2D eigenvalue weighted by Gasteiger charge is -2.14. The fourth-order valence-corrected chi connectivity index (χ4v) is 2.94. The van der Waals surface area contributed by atoms with Crippen LogP contribution >= 0.6 is 11.6 Å². The summed E-state index contributed by atoms with van der Waals surface area (Å²) in [5.41, 5.74) is 1.36. The van der Waals surface area contributed by atoms with Crippen molar-refractivity contribution in [2.24, 2.45) is 0 Å². The summed E-state index contributed by atoms with van der Waals surface area (Å²) >= 11 is 6.06. The quantitative estimate of drug-likeness (QED) is 0.871. The van der Waals surface area contributed by atoms with Crippen LogP contribution in [0, 0.1) is 0 Å². The van der Waals surface area contributed by atoms with Gasteiger partial charge in [0.05, 0.1) is 12.1 Å². The second-order valence-corrected chi connectivity index (χ2v) is 5.46. The maximum atomic E-state index is 6.06. The molecule has 0 aromatic heterocycles. The molecule has 2 atom stereocenters. The van der Waals surface area contributed by atoms with E-state index in [2.05, 4.69) is 24.4 Å². The molecule has 1 saturated carbocycles. The lowest BCUT2D eigenvalue weighted by molar-refractivity contribution is 0.414. The predicted octanol–water partition coefficient (Wildman–Crippen LogP) is 3.98. The van der Waals surface area contributed by atoms with E-state index in [1.807, 2.05) is 6.07 Å². The molecule has 2 rings (SSSR count). The van der Waals surface area contributed by atoms with Crippen LogP contribution in [0.4, 0.5) is 0 Å². The minimum absolute atomic E-state index is 0.644. The van der Waals surface area contributed by atoms with Crippen LogP contribution in [0.3, 0.4) is 0 Å². The Morgan fingerprint density at radius 3 is 2.94 bits per heavy atom. The Hall–Kier alpha value is -0.730. The van der Waals surface area contributed by atoms with Crippen molar-refractivity contribution in [3.63, 3.8) is 0 Å². The smallest absolute Gasteiger partial charge is 0.137 e. The molecule has 3 heteroatoms. The zero-order chi connectivity index (χ0) is 13.0. The van der Waals surface area contributed by atoms with Crippen molar-refractivity contribution in [2.75, 3.05) is 13.7 Å². The van der Waals surface area contributed by atoms with Gasteiger partial charge in [0.25, 0.3) is 0 Å². The largest absolute Gasteiger partial charge is 0.495 e.